The van der Waals surface area contributed by atoms with Crippen molar-refractivity contribution in [3.63, 3.8) is 0 Å². The second-order valence-corrected chi connectivity index (χ2v) is 4.11. The van der Waals surface area contributed by atoms with Gasteiger partial charge in [-0.1, -0.05) is 0 Å². The van der Waals surface area contributed by atoms with Crippen molar-refractivity contribution >= 4 is 21.9 Å². The number of H-pyrrole nitrogens is 1. The Kier molecular flexibility index (Phi) is 2.84. The van der Waals surface area contributed by atoms with E-state index >= 15 is 0 Å². The summed E-state index contributed by atoms with van der Waals surface area (Å²) in [6, 6.07) is 3.46. The molecule has 0 bridgehead atoms. The summed E-state index contributed by atoms with van der Waals surface area (Å²) in [6.07, 6.45) is 0. The molecule has 0 saturated heterocycles. The number of benzene rings is 1. The van der Waals surface area contributed by atoms with Gasteiger partial charge in [0.05, 0.1) is 10.2 Å². The Balaban J connectivity index is 2.52. The molecule has 0 saturated carbocycles. The summed E-state index contributed by atoms with van der Waals surface area (Å²) in [5.41, 5.74) is 0.114. The van der Waals surface area contributed by atoms with Crippen LogP contribution < -0.4 is 0 Å². The maximum atomic E-state index is 13.5. The number of carboxylic acid groups (broad SMARTS) is 1. The molecule has 0 amide bonds. The van der Waals surface area contributed by atoms with E-state index in [1.54, 1.807) is 0 Å². The van der Waals surface area contributed by atoms with Gasteiger partial charge in [0.2, 0.25) is 0 Å². The molecule has 0 aliphatic rings. The van der Waals surface area contributed by atoms with E-state index in [1.807, 2.05) is 0 Å². The lowest BCUT2D eigenvalue weighted by molar-refractivity contribution is 0.0690. The topological polar surface area (TPSA) is 86.2 Å². The third-order valence-corrected chi connectivity index (χ3v) is 2.76. The van der Waals surface area contributed by atoms with Crippen LogP contribution in [0.5, 0.6) is 5.75 Å². The third-order valence-electron chi connectivity index (χ3n) is 2.12. The summed E-state index contributed by atoms with van der Waals surface area (Å²) in [5.74, 6) is -2.10. The summed E-state index contributed by atoms with van der Waals surface area (Å²) < 4.78 is 13.8. The van der Waals surface area contributed by atoms with E-state index in [1.165, 1.54) is 12.1 Å². The van der Waals surface area contributed by atoms with Crippen molar-refractivity contribution in [2.24, 2.45) is 0 Å². The van der Waals surface area contributed by atoms with Gasteiger partial charge in [0.25, 0.3) is 0 Å². The van der Waals surface area contributed by atoms with Crippen LogP contribution >= 0.6 is 15.9 Å². The lowest BCUT2D eigenvalue weighted by Crippen LogP contribution is -1.95. The molecule has 0 aliphatic carbocycles. The van der Waals surface area contributed by atoms with Crippen LogP contribution in [0.25, 0.3) is 11.3 Å². The second-order valence-electron chi connectivity index (χ2n) is 3.26. The Morgan fingerprint density at radius 3 is 2.71 bits per heavy atom. The van der Waals surface area contributed by atoms with E-state index in [4.69, 9.17) is 5.11 Å². The highest BCUT2D eigenvalue weighted by Crippen LogP contribution is 2.31. The molecule has 1 heterocycles. The number of rotatable bonds is 2. The summed E-state index contributed by atoms with van der Waals surface area (Å²) >= 11 is 3.04. The SMILES string of the molecule is O=C(O)c1cc(-c2cc(Br)c(O)cc2F)n[nH]1. The number of phenolic OH excluding ortho intramolecular Hbond substituents is 1. The number of aromatic nitrogens is 2. The van der Waals surface area contributed by atoms with Gasteiger partial charge in [-0.25, -0.2) is 9.18 Å². The molecule has 1 aromatic carbocycles. The minimum absolute atomic E-state index is 0.0958. The smallest absolute Gasteiger partial charge is 0.353 e. The van der Waals surface area contributed by atoms with Gasteiger partial charge in [0.15, 0.2) is 0 Å². The van der Waals surface area contributed by atoms with Gasteiger partial charge in [-0.2, -0.15) is 5.10 Å². The molecule has 2 rings (SSSR count). The fourth-order valence-corrected chi connectivity index (χ4v) is 1.65. The number of nitrogens with one attached hydrogen (secondary N) is 1. The Morgan fingerprint density at radius 1 is 1.41 bits per heavy atom. The fourth-order valence-electron chi connectivity index (χ4n) is 1.30. The van der Waals surface area contributed by atoms with Gasteiger partial charge in [0, 0.05) is 11.6 Å². The lowest BCUT2D eigenvalue weighted by atomic mass is 10.1. The molecule has 1 aromatic heterocycles. The van der Waals surface area contributed by atoms with Crippen LogP contribution in [0.3, 0.4) is 0 Å². The van der Waals surface area contributed by atoms with Gasteiger partial charge >= 0.3 is 5.97 Å². The van der Waals surface area contributed by atoms with Crippen molar-refractivity contribution in [2.45, 2.75) is 0 Å². The number of carboxylic acids is 1. The van der Waals surface area contributed by atoms with E-state index in [9.17, 15) is 14.3 Å². The maximum Gasteiger partial charge on any atom is 0.353 e. The Labute approximate surface area is 103 Å². The van der Waals surface area contributed by atoms with Crippen LogP contribution in [0, 0.1) is 5.82 Å². The zero-order valence-electron chi connectivity index (χ0n) is 8.24. The molecule has 0 unspecified atom stereocenters. The fraction of sp³-hybridized carbons (Fsp3) is 0. The van der Waals surface area contributed by atoms with Crippen molar-refractivity contribution < 1.29 is 19.4 Å². The molecular formula is C10H6BrFN2O3. The minimum Gasteiger partial charge on any atom is -0.507 e. The van der Waals surface area contributed by atoms with Gasteiger partial charge in [-0.05, 0) is 28.1 Å². The first-order chi connectivity index (χ1) is 7.99. The van der Waals surface area contributed by atoms with E-state index in [0.29, 0.717) is 4.47 Å². The van der Waals surface area contributed by atoms with E-state index in [0.717, 1.165) is 6.07 Å². The van der Waals surface area contributed by atoms with Gasteiger partial charge < -0.3 is 10.2 Å². The summed E-state index contributed by atoms with van der Waals surface area (Å²) in [5, 5.41) is 23.9. The Morgan fingerprint density at radius 2 is 2.12 bits per heavy atom. The molecule has 88 valence electrons. The first-order valence-corrected chi connectivity index (χ1v) is 5.25. The average Bonchev–Trinajstić information content (AvgIpc) is 2.72. The molecule has 0 spiro atoms. The molecule has 7 heteroatoms. The summed E-state index contributed by atoms with van der Waals surface area (Å²) in [6.45, 7) is 0. The number of aromatic amines is 1. The third kappa shape index (κ3) is 2.14. The zero-order valence-corrected chi connectivity index (χ0v) is 9.82. The molecule has 0 aliphatic heterocycles. The molecule has 0 atom stereocenters. The normalized spacial score (nSPS) is 10.5. The number of phenols is 1. The minimum atomic E-state index is -1.18. The molecule has 2 aromatic rings. The second kappa shape index (κ2) is 4.17. The van der Waals surface area contributed by atoms with Crippen LogP contribution in [0.2, 0.25) is 0 Å². The predicted molar refractivity (Wildman–Crippen MR) is 60.3 cm³/mol. The van der Waals surface area contributed by atoms with Gasteiger partial charge in [-0.15, -0.1) is 0 Å². The first kappa shape index (κ1) is 11.6. The Hall–Kier alpha value is -1.89. The molecule has 0 radical (unpaired) electrons. The van der Waals surface area contributed by atoms with Crippen molar-refractivity contribution in [3.05, 3.63) is 34.2 Å². The van der Waals surface area contributed by atoms with Crippen molar-refractivity contribution in [3.8, 4) is 17.0 Å². The largest absolute Gasteiger partial charge is 0.507 e. The molecule has 0 fully saturated rings. The van der Waals surface area contributed by atoms with Crippen LogP contribution in [0.15, 0.2) is 22.7 Å². The number of hydrogen-bond donors (Lipinski definition) is 3. The van der Waals surface area contributed by atoms with Crippen LogP contribution in [0.4, 0.5) is 4.39 Å². The highest BCUT2D eigenvalue weighted by Gasteiger charge is 2.14. The number of carbonyl (C=O) groups is 1. The van der Waals surface area contributed by atoms with Crippen molar-refractivity contribution in [1.82, 2.24) is 10.2 Å². The van der Waals surface area contributed by atoms with Crippen LogP contribution in [0.1, 0.15) is 10.5 Å². The van der Waals surface area contributed by atoms with E-state index in [-0.39, 0.29) is 22.7 Å². The van der Waals surface area contributed by atoms with Crippen LogP contribution in [-0.2, 0) is 0 Å². The van der Waals surface area contributed by atoms with Crippen molar-refractivity contribution in [2.75, 3.05) is 0 Å². The monoisotopic (exact) mass is 300 g/mol. The average molecular weight is 301 g/mol. The van der Waals surface area contributed by atoms with E-state index < -0.39 is 11.8 Å². The molecule has 5 nitrogen and oxygen atoms in total. The predicted octanol–water partition coefficient (Wildman–Crippen LogP) is 2.38. The maximum absolute atomic E-state index is 13.5. The lowest BCUT2D eigenvalue weighted by Gasteiger charge is -2.02. The first-order valence-electron chi connectivity index (χ1n) is 4.46. The van der Waals surface area contributed by atoms with Gasteiger partial charge in [0.1, 0.15) is 17.3 Å². The molecular weight excluding hydrogens is 295 g/mol. The van der Waals surface area contributed by atoms with Crippen LogP contribution in [-0.4, -0.2) is 26.4 Å². The number of hydrogen-bond acceptors (Lipinski definition) is 3. The number of halogens is 2. The zero-order chi connectivity index (χ0) is 12.6. The van der Waals surface area contributed by atoms with E-state index in [2.05, 4.69) is 26.1 Å². The number of nitrogens with zero attached hydrogens (tertiary/aromatic N) is 1. The van der Waals surface area contributed by atoms with Crippen molar-refractivity contribution in [1.29, 1.82) is 0 Å². The Bertz CT molecular complexity index is 597. The summed E-state index contributed by atoms with van der Waals surface area (Å²) in [4.78, 5) is 10.6. The summed E-state index contributed by atoms with van der Waals surface area (Å²) in [7, 11) is 0. The number of aromatic carboxylic acids is 1. The van der Waals surface area contributed by atoms with Gasteiger partial charge in [-0.3, -0.25) is 5.10 Å². The molecule has 3 N–H and O–H groups in total. The quantitative estimate of drug-likeness (QED) is 0.795. The number of aromatic hydroxyl groups is 1. The highest BCUT2D eigenvalue weighted by molar-refractivity contribution is 9.10. The highest BCUT2D eigenvalue weighted by atomic mass is 79.9. The standard InChI is InChI=1S/C10H6BrFN2O3/c11-5-1-4(6(12)2-9(5)15)7-3-8(10(16)17)14-13-7/h1-3,15H,(H,13,14)(H,16,17). The molecule has 17 heavy (non-hydrogen) atoms.